The summed E-state index contributed by atoms with van der Waals surface area (Å²) in [5.41, 5.74) is 1.99. The van der Waals surface area contributed by atoms with Crippen molar-refractivity contribution in [1.82, 2.24) is 5.32 Å². The van der Waals surface area contributed by atoms with Crippen LogP contribution >= 0.6 is 0 Å². The van der Waals surface area contributed by atoms with E-state index in [4.69, 9.17) is 0 Å². The topological polar surface area (TPSA) is 58.5 Å². The predicted molar refractivity (Wildman–Crippen MR) is 50.3 cm³/mol. The number of carbonyl (C=O) groups excluding carboxylic acids is 2. The maximum atomic E-state index is 11.4. The average Bonchev–Trinajstić information content (AvgIpc) is 2.20. The molecule has 0 unspecified atom stereocenters. The Kier molecular flexibility index (Phi) is 2.13. The zero-order valence-corrected chi connectivity index (χ0v) is 7.41. The number of benzene rings is 1. The highest BCUT2D eigenvalue weighted by Crippen LogP contribution is 2.24. The standard InChI is InChI=1S/C10H8N2O2/c13-6-12-9-3-1-2-8-7(9)4-5-11-10(8)14/h1-3H,4-5H2,(H,11,14). The van der Waals surface area contributed by atoms with Gasteiger partial charge in [0.2, 0.25) is 6.08 Å². The minimum atomic E-state index is -0.103. The van der Waals surface area contributed by atoms with Gasteiger partial charge in [0.15, 0.2) is 0 Å². The van der Waals surface area contributed by atoms with E-state index in [0.29, 0.717) is 24.2 Å². The number of carbonyl (C=O) groups is 1. The average molecular weight is 188 g/mol. The van der Waals surface area contributed by atoms with Crippen molar-refractivity contribution in [3.05, 3.63) is 29.3 Å². The molecule has 0 aromatic heterocycles. The van der Waals surface area contributed by atoms with E-state index >= 15 is 0 Å². The number of aliphatic imine (C=N–C) groups is 1. The minimum absolute atomic E-state index is 0.103. The number of fused-ring (bicyclic) bond motifs is 1. The molecule has 4 nitrogen and oxygen atoms in total. The van der Waals surface area contributed by atoms with Crippen molar-refractivity contribution >= 4 is 17.7 Å². The molecule has 0 aliphatic carbocycles. The monoisotopic (exact) mass is 188 g/mol. The van der Waals surface area contributed by atoms with Crippen molar-refractivity contribution in [2.75, 3.05) is 6.54 Å². The second-order valence-corrected chi connectivity index (χ2v) is 3.01. The van der Waals surface area contributed by atoms with Gasteiger partial charge in [-0.05, 0) is 24.1 Å². The first-order valence-corrected chi connectivity index (χ1v) is 4.31. The van der Waals surface area contributed by atoms with Crippen LogP contribution in [0, 0.1) is 0 Å². The lowest BCUT2D eigenvalue weighted by molar-refractivity contribution is 0.0946. The molecule has 1 aromatic carbocycles. The summed E-state index contributed by atoms with van der Waals surface area (Å²) in [6.45, 7) is 0.594. The van der Waals surface area contributed by atoms with Crippen molar-refractivity contribution in [2.24, 2.45) is 4.99 Å². The van der Waals surface area contributed by atoms with Crippen molar-refractivity contribution in [3.63, 3.8) is 0 Å². The summed E-state index contributed by atoms with van der Waals surface area (Å²) in [7, 11) is 0. The van der Waals surface area contributed by atoms with Crippen LogP contribution < -0.4 is 5.32 Å². The lowest BCUT2D eigenvalue weighted by Gasteiger charge is -2.16. The van der Waals surface area contributed by atoms with E-state index in [1.165, 1.54) is 6.08 Å². The second kappa shape index (κ2) is 3.44. The molecule has 14 heavy (non-hydrogen) atoms. The molecule has 1 aliphatic heterocycles. The third-order valence-corrected chi connectivity index (χ3v) is 2.22. The second-order valence-electron chi connectivity index (χ2n) is 3.01. The van der Waals surface area contributed by atoms with Gasteiger partial charge in [-0.2, -0.15) is 4.99 Å². The fourth-order valence-corrected chi connectivity index (χ4v) is 1.60. The quantitative estimate of drug-likeness (QED) is 0.526. The first-order chi connectivity index (χ1) is 6.83. The molecule has 1 amide bonds. The van der Waals surface area contributed by atoms with Crippen LogP contribution in [0.15, 0.2) is 23.2 Å². The Hall–Kier alpha value is -1.93. The minimum Gasteiger partial charge on any atom is -0.352 e. The molecule has 0 saturated heterocycles. The summed E-state index contributed by atoms with van der Waals surface area (Å²) < 4.78 is 0. The Bertz CT molecular complexity index is 419. The molecule has 1 aliphatic rings. The summed E-state index contributed by atoms with van der Waals surface area (Å²) in [5.74, 6) is -0.103. The van der Waals surface area contributed by atoms with E-state index in [9.17, 15) is 9.59 Å². The molecule has 0 bridgehead atoms. The normalized spacial score (nSPS) is 13.9. The number of nitrogens with one attached hydrogen (secondary N) is 1. The molecular weight excluding hydrogens is 180 g/mol. The molecule has 0 atom stereocenters. The Morgan fingerprint density at radius 2 is 2.29 bits per heavy atom. The lowest BCUT2D eigenvalue weighted by Crippen LogP contribution is -2.31. The molecule has 70 valence electrons. The summed E-state index contributed by atoms with van der Waals surface area (Å²) in [6, 6.07) is 5.15. The smallest absolute Gasteiger partial charge is 0.251 e. The van der Waals surface area contributed by atoms with E-state index in [1.807, 2.05) is 0 Å². The molecule has 0 saturated carbocycles. The van der Waals surface area contributed by atoms with Gasteiger partial charge in [-0.15, -0.1) is 0 Å². The number of hydrogen-bond donors (Lipinski definition) is 1. The first-order valence-electron chi connectivity index (χ1n) is 4.31. The lowest BCUT2D eigenvalue weighted by atomic mass is 9.99. The summed E-state index contributed by atoms with van der Waals surface area (Å²) in [6.07, 6.45) is 2.20. The number of amides is 1. The summed E-state index contributed by atoms with van der Waals surface area (Å²) >= 11 is 0. The van der Waals surface area contributed by atoms with Gasteiger partial charge in [-0.25, -0.2) is 4.79 Å². The Balaban J connectivity index is 2.60. The fraction of sp³-hybridized carbons (Fsp3) is 0.200. The van der Waals surface area contributed by atoms with Gasteiger partial charge in [-0.3, -0.25) is 4.79 Å². The number of nitrogens with zero attached hydrogens (tertiary/aromatic N) is 1. The highest BCUT2D eigenvalue weighted by molar-refractivity contribution is 5.98. The van der Waals surface area contributed by atoms with Gasteiger partial charge >= 0.3 is 0 Å². The third-order valence-electron chi connectivity index (χ3n) is 2.22. The van der Waals surface area contributed by atoms with Gasteiger partial charge in [0.25, 0.3) is 5.91 Å². The van der Waals surface area contributed by atoms with Crippen molar-refractivity contribution in [1.29, 1.82) is 0 Å². The van der Waals surface area contributed by atoms with Crippen LogP contribution in [0.2, 0.25) is 0 Å². The van der Waals surface area contributed by atoms with Gasteiger partial charge in [0.1, 0.15) is 0 Å². The predicted octanol–water partition coefficient (Wildman–Crippen LogP) is 0.940. The molecule has 2 rings (SSSR count). The van der Waals surface area contributed by atoms with Crippen LogP contribution in [0.4, 0.5) is 5.69 Å². The highest BCUT2D eigenvalue weighted by Gasteiger charge is 2.18. The molecule has 0 fully saturated rings. The van der Waals surface area contributed by atoms with Crippen molar-refractivity contribution in [3.8, 4) is 0 Å². The van der Waals surface area contributed by atoms with Crippen LogP contribution in [0.25, 0.3) is 0 Å². The third kappa shape index (κ3) is 1.32. The number of isocyanates is 1. The molecule has 0 radical (unpaired) electrons. The summed E-state index contributed by atoms with van der Waals surface area (Å²) in [5, 5.41) is 2.73. The summed E-state index contributed by atoms with van der Waals surface area (Å²) in [4.78, 5) is 25.1. The van der Waals surface area contributed by atoms with Crippen molar-refractivity contribution < 1.29 is 9.59 Å². The van der Waals surface area contributed by atoms with E-state index in [0.717, 1.165) is 5.56 Å². The highest BCUT2D eigenvalue weighted by atomic mass is 16.1. The van der Waals surface area contributed by atoms with Crippen LogP contribution in [0.1, 0.15) is 15.9 Å². The van der Waals surface area contributed by atoms with Crippen LogP contribution in [-0.2, 0) is 11.2 Å². The Morgan fingerprint density at radius 3 is 3.07 bits per heavy atom. The van der Waals surface area contributed by atoms with E-state index in [1.54, 1.807) is 18.2 Å². The fourth-order valence-electron chi connectivity index (χ4n) is 1.60. The van der Waals surface area contributed by atoms with Gasteiger partial charge in [-0.1, -0.05) is 6.07 Å². The molecular formula is C10H8N2O2. The van der Waals surface area contributed by atoms with Crippen LogP contribution in [0.5, 0.6) is 0 Å². The SMILES string of the molecule is O=C=Nc1cccc2c1CCNC2=O. The number of rotatable bonds is 1. The molecule has 1 aromatic rings. The zero-order valence-electron chi connectivity index (χ0n) is 7.41. The molecule has 1 heterocycles. The maximum absolute atomic E-state index is 11.4. The number of hydrogen-bond acceptors (Lipinski definition) is 3. The first kappa shape index (κ1) is 8.66. The maximum Gasteiger partial charge on any atom is 0.251 e. The van der Waals surface area contributed by atoms with Gasteiger partial charge < -0.3 is 5.32 Å². The largest absolute Gasteiger partial charge is 0.352 e. The Labute approximate surface area is 80.7 Å². The van der Waals surface area contributed by atoms with Crippen molar-refractivity contribution in [2.45, 2.75) is 6.42 Å². The molecule has 4 heteroatoms. The van der Waals surface area contributed by atoms with Crippen LogP contribution in [-0.4, -0.2) is 18.5 Å². The Morgan fingerprint density at radius 1 is 1.43 bits per heavy atom. The molecule has 0 spiro atoms. The van der Waals surface area contributed by atoms with Crippen LogP contribution in [0.3, 0.4) is 0 Å². The van der Waals surface area contributed by atoms with E-state index in [-0.39, 0.29) is 5.91 Å². The van der Waals surface area contributed by atoms with Gasteiger partial charge in [0.05, 0.1) is 5.69 Å². The molecule has 1 N–H and O–H groups in total. The van der Waals surface area contributed by atoms with Gasteiger partial charge in [0, 0.05) is 12.1 Å². The van der Waals surface area contributed by atoms with E-state index < -0.39 is 0 Å². The van der Waals surface area contributed by atoms with E-state index in [2.05, 4.69) is 10.3 Å². The zero-order chi connectivity index (χ0) is 9.97.